The van der Waals surface area contributed by atoms with Gasteiger partial charge in [0.25, 0.3) is 5.91 Å². The van der Waals surface area contributed by atoms with Gasteiger partial charge in [-0.1, -0.05) is 80.3 Å². The number of hydrogen-bond acceptors (Lipinski definition) is 4. The van der Waals surface area contributed by atoms with Crippen molar-refractivity contribution >= 4 is 51.9 Å². The minimum Gasteiger partial charge on any atom is -0.326 e. The van der Waals surface area contributed by atoms with Crippen LogP contribution in [0.15, 0.2) is 53.4 Å². The number of carbonyl (C=O) groups is 2. The van der Waals surface area contributed by atoms with Gasteiger partial charge in [-0.05, 0) is 48.1 Å². The van der Waals surface area contributed by atoms with E-state index in [1.165, 1.54) is 17.3 Å². The Labute approximate surface area is 187 Å². The molecule has 30 heavy (non-hydrogen) atoms. The molecule has 0 aromatic heterocycles. The van der Waals surface area contributed by atoms with Crippen LogP contribution in [0, 0.1) is 0 Å². The standard InChI is InChI=1S/C24H26N2O2S2/c1-3-17-11-13-18(14-12-17)16-21-23(28)26(24(29)30-21)15-7-10-22(27)25-20-9-6-5-8-19(20)4-2/h5-6,8-9,11-14,16H,3-4,7,10,15H2,1-2H3,(H,25,27)/b21-16-. The summed E-state index contributed by atoms with van der Waals surface area (Å²) in [5.41, 5.74) is 4.22. The predicted octanol–water partition coefficient (Wildman–Crippen LogP) is 5.43. The number of anilines is 1. The quantitative estimate of drug-likeness (QED) is 0.441. The van der Waals surface area contributed by atoms with Crippen molar-refractivity contribution in [1.29, 1.82) is 0 Å². The van der Waals surface area contributed by atoms with Crippen molar-refractivity contribution in [3.05, 3.63) is 70.1 Å². The van der Waals surface area contributed by atoms with Crippen LogP contribution in [-0.2, 0) is 22.4 Å². The maximum Gasteiger partial charge on any atom is 0.266 e. The van der Waals surface area contributed by atoms with Gasteiger partial charge in [-0.25, -0.2) is 0 Å². The molecule has 1 aliphatic rings. The van der Waals surface area contributed by atoms with Crippen LogP contribution in [0.5, 0.6) is 0 Å². The lowest BCUT2D eigenvalue weighted by molar-refractivity contribution is -0.122. The molecule has 6 heteroatoms. The third kappa shape index (κ3) is 5.58. The van der Waals surface area contributed by atoms with Crippen molar-refractivity contribution in [1.82, 2.24) is 4.90 Å². The van der Waals surface area contributed by atoms with E-state index in [0.29, 0.717) is 28.6 Å². The first-order valence-electron chi connectivity index (χ1n) is 10.2. The Bertz CT molecular complexity index is 967. The normalized spacial score (nSPS) is 15.1. The van der Waals surface area contributed by atoms with Gasteiger partial charge in [0.05, 0.1) is 4.91 Å². The number of carbonyl (C=O) groups excluding carboxylic acids is 2. The Morgan fingerprint density at radius 2 is 1.83 bits per heavy atom. The highest BCUT2D eigenvalue weighted by Gasteiger charge is 2.31. The van der Waals surface area contributed by atoms with Crippen LogP contribution >= 0.6 is 24.0 Å². The lowest BCUT2D eigenvalue weighted by Crippen LogP contribution is -2.29. The summed E-state index contributed by atoms with van der Waals surface area (Å²) < 4.78 is 0.549. The van der Waals surface area contributed by atoms with Crippen molar-refractivity contribution in [3.63, 3.8) is 0 Å². The van der Waals surface area contributed by atoms with Crippen LogP contribution in [0.1, 0.15) is 43.4 Å². The molecule has 3 rings (SSSR count). The molecule has 1 heterocycles. The molecular formula is C24H26N2O2S2. The molecule has 1 saturated heterocycles. The van der Waals surface area contributed by atoms with E-state index in [1.807, 2.05) is 42.5 Å². The number of rotatable bonds is 8. The molecule has 0 bridgehead atoms. The third-order valence-electron chi connectivity index (χ3n) is 5.02. The summed E-state index contributed by atoms with van der Waals surface area (Å²) in [6.45, 7) is 4.62. The fourth-order valence-corrected chi connectivity index (χ4v) is 4.56. The molecule has 1 aliphatic heterocycles. The van der Waals surface area contributed by atoms with Crippen LogP contribution < -0.4 is 5.32 Å². The van der Waals surface area contributed by atoms with Crippen LogP contribution in [0.4, 0.5) is 5.69 Å². The average Bonchev–Trinajstić information content (AvgIpc) is 3.02. The minimum atomic E-state index is -0.0821. The van der Waals surface area contributed by atoms with Crippen molar-refractivity contribution in [2.75, 3.05) is 11.9 Å². The molecule has 0 aliphatic carbocycles. The number of nitrogens with zero attached hydrogens (tertiary/aromatic N) is 1. The first kappa shape index (κ1) is 22.2. The number of amides is 2. The number of thioether (sulfide) groups is 1. The van der Waals surface area contributed by atoms with E-state index < -0.39 is 0 Å². The first-order valence-corrected chi connectivity index (χ1v) is 11.5. The molecule has 1 fully saturated rings. The predicted molar refractivity (Wildman–Crippen MR) is 129 cm³/mol. The molecule has 0 atom stereocenters. The Balaban J connectivity index is 1.54. The maximum atomic E-state index is 12.7. The Kier molecular flexibility index (Phi) is 7.82. The van der Waals surface area contributed by atoms with Gasteiger partial charge in [-0.3, -0.25) is 14.5 Å². The summed E-state index contributed by atoms with van der Waals surface area (Å²) in [6, 6.07) is 16.0. The van der Waals surface area contributed by atoms with E-state index in [-0.39, 0.29) is 11.8 Å². The second kappa shape index (κ2) is 10.5. The van der Waals surface area contributed by atoms with Crippen molar-refractivity contribution in [2.24, 2.45) is 0 Å². The summed E-state index contributed by atoms with van der Waals surface area (Å²) in [5.74, 6) is -0.130. The molecule has 0 radical (unpaired) electrons. The molecule has 1 N–H and O–H groups in total. The fraction of sp³-hybridized carbons (Fsp3) is 0.292. The van der Waals surface area contributed by atoms with Gasteiger partial charge in [-0.15, -0.1) is 0 Å². The topological polar surface area (TPSA) is 49.4 Å². The summed E-state index contributed by atoms with van der Waals surface area (Å²) in [5, 5.41) is 2.97. The van der Waals surface area contributed by atoms with Crippen LogP contribution in [-0.4, -0.2) is 27.6 Å². The van der Waals surface area contributed by atoms with Gasteiger partial charge < -0.3 is 5.32 Å². The van der Waals surface area contributed by atoms with E-state index in [2.05, 4.69) is 31.3 Å². The highest BCUT2D eigenvalue weighted by molar-refractivity contribution is 8.26. The second-order valence-electron chi connectivity index (χ2n) is 7.09. The van der Waals surface area contributed by atoms with Gasteiger partial charge in [0.15, 0.2) is 0 Å². The smallest absolute Gasteiger partial charge is 0.266 e. The zero-order chi connectivity index (χ0) is 21.5. The number of benzene rings is 2. The third-order valence-corrected chi connectivity index (χ3v) is 6.40. The summed E-state index contributed by atoms with van der Waals surface area (Å²) in [4.78, 5) is 27.3. The van der Waals surface area contributed by atoms with Gasteiger partial charge in [0.2, 0.25) is 5.91 Å². The summed E-state index contributed by atoms with van der Waals surface area (Å²) >= 11 is 6.72. The first-order chi connectivity index (χ1) is 14.5. The fourth-order valence-electron chi connectivity index (χ4n) is 3.25. The van der Waals surface area contributed by atoms with Crippen molar-refractivity contribution in [2.45, 2.75) is 39.5 Å². The maximum absolute atomic E-state index is 12.7. The van der Waals surface area contributed by atoms with Gasteiger partial charge in [0, 0.05) is 18.7 Å². The van der Waals surface area contributed by atoms with Gasteiger partial charge in [0.1, 0.15) is 4.32 Å². The molecule has 2 aromatic rings. The molecule has 2 aromatic carbocycles. The molecule has 156 valence electrons. The van der Waals surface area contributed by atoms with E-state index in [0.717, 1.165) is 29.7 Å². The van der Waals surface area contributed by atoms with E-state index in [4.69, 9.17) is 12.2 Å². The van der Waals surface area contributed by atoms with Crippen LogP contribution in [0.3, 0.4) is 0 Å². The number of aryl methyl sites for hydroxylation is 2. The van der Waals surface area contributed by atoms with E-state index >= 15 is 0 Å². The number of nitrogens with one attached hydrogen (secondary N) is 1. The Morgan fingerprint density at radius 3 is 2.53 bits per heavy atom. The highest BCUT2D eigenvalue weighted by atomic mass is 32.2. The minimum absolute atomic E-state index is 0.0482. The van der Waals surface area contributed by atoms with E-state index in [9.17, 15) is 9.59 Å². The van der Waals surface area contributed by atoms with E-state index in [1.54, 1.807) is 4.90 Å². The number of thiocarbonyl (C=S) groups is 1. The van der Waals surface area contributed by atoms with Crippen LogP contribution in [0.25, 0.3) is 6.08 Å². The van der Waals surface area contributed by atoms with Gasteiger partial charge in [-0.2, -0.15) is 0 Å². The lowest BCUT2D eigenvalue weighted by Gasteiger charge is -2.14. The zero-order valence-corrected chi connectivity index (χ0v) is 18.9. The van der Waals surface area contributed by atoms with Crippen molar-refractivity contribution < 1.29 is 9.59 Å². The monoisotopic (exact) mass is 438 g/mol. The average molecular weight is 439 g/mol. The Morgan fingerprint density at radius 1 is 1.10 bits per heavy atom. The van der Waals surface area contributed by atoms with Crippen molar-refractivity contribution in [3.8, 4) is 0 Å². The molecular weight excluding hydrogens is 412 g/mol. The molecule has 2 amide bonds. The molecule has 4 nitrogen and oxygen atoms in total. The second-order valence-corrected chi connectivity index (χ2v) is 8.77. The molecule has 0 unspecified atom stereocenters. The summed E-state index contributed by atoms with van der Waals surface area (Å²) in [7, 11) is 0. The number of hydrogen-bond donors (Lipinski definition) is 1. The number of para-hydroxylation sites is 1. The summed E-state index contributed by atoms with van der Waals surface area (Å²) in [6.07, 6.45) is 4.63. The SMILES string of the molecule is CCc1ccc(/C=C2\SC(=S)N(CCCC(=O)Nc3ccccc3CC)C2=O)cc1. The highest BCUT2D eigenvalue weighted by Crippen LogP contribution is 2.32. The lowest BCUT2D eigenvalue weighted by atomic mass is 10.1. The zero-order valence-electron chi connectivity index (χ0n) is 17.3. The van der Waals surface area contributed by atoms with Crippen LogP contribution in [0.2, 0.25) is 0 Å². The Hall–Kier alpha value is -2.44. The molecule has 0 spiro atoms. The van der Waals surface area contributed by atoms with Gasteiger partial charge >= 0.3 is 0 Å². The largest absolute Gasteiger partial charge is 0.326 e. The molecule has 0 saturated carbocycles.